The molecule has 1 unspecified atom stereocenters. The first kappa shape index (κ1) is 11.3. The highest BCUT2D eigenvalue weighted by atomic mass is 32.1. The van der Waals surface area contributed by atoms with Gasteiger partial charge in [0.15, 0.2) is 5.82 Å². The van der Waals surface area contributed by atoms with Crippen LogP contribution in [0.5, 0.6) is 0 Å². The number of nitrogens with two attached hydrogens (primary N) is 1. The third-order valence-corrected chi connectivity index (χ3v) is 3.22. The summed E-state index contributed by atoms with van der Waals surface area (Å²) in [7, 11) is 0. The predicted octanol–water partition coefficient (Wildman–Crippen LogP) is 2.33. The minimum Gasteiger partial charge on any atom is -0.339 e. The van der Waals surface area contributed by atoms with Crippen LogP contribution in [0.25, 0.3) is 0 Å². The van der Waals surface area contributed by atoms with Gasteiger partial charge in [-0.15, -0.1) is 11.3 Å². The van der Waals surface area contributed by atoms with E-state index in [1.165, 1.54) is 4.88 Å². The molecule has 0 aliphatic rings. The highest BCUT2D eigenvalue weighted by Crippen LogP contribution is 2.13. The highest BCUT2D eigenvalue weighted by Gasteiger charge is 2.09. The minimum atomic E-state index is -0.158. The Morgan fingerprint density at radius 1 is 1.50 bits per heavy atom. The Morgan fingerprint density at radius 2 is 2.38 bits per heavy atom. The lowest BCUT2D eigenvalue weighted by atomic mass is 10.2. The van der Waals surface area contributed by atoms with Gasteiger partial charge in [-0.05, 0) is 31.2 Å². The maximum absolute atomic E-state index is 5.65. The van der Waals surface area contributed by atoms with Crippen molar-refractivity contribution in [3.8, 4) is 0 Å². The van der Waals surface area contributed by atoms with Gasteiger partial charge in [0.05, 0.1) is 6.04 Å². The molecule has 0 saturated heterocycles. The van der Waals surface area contributed by atoms with Gasteiger partial charge in [0.2, 0.25) is 5.89 Å². The summed E-state index contributed by atoms with van der Waals surface area (Å²) in [6.45, 7) is 1.85. The Balaban J connectivity index is 1.81. The molecule has 2 aromatic rings. The topological polar surface area (TPSA) is 64.9 Å². The number of aromatic nitrogens is 2. The zero-order valence-corrected chi connectivity index (χ0v) is 10.0. The molecule has 5 heteroatoms. The van der Waals surface area contributed by atoms with Gasteiger partial charge in [0, 0.05) is 11.3 Å². The lowest BCUT2D eigenvalue weighted by Gasteiger charge is -1.94. The molecule has 2 aromatic heterocycles. The summed E-state index contributed by atoms with van der Waals surface area (Å²) in [5, 5.41) is 5.92. The smallest absolute Gasteiger partial charge is 0.226 e. The number of rotatable bonds is 5. The summed E-state index contributed by atoms with van der Waals surface area (Å²) in [4.78, 5) is 5.62. The summed E-state index contributed by atoms with van der Waals surface area (Å²) in [6, 6.07) is 4.06. The number of thiophene rings is 1. The molecule has 0 amide bonds. The highest BCUT2D eigenvalue weighted by molar-refractivity contribution is 7.09. The Bertz CT molecular complexity index is 422. The van der Waals surface area contributed by atoms with Gasteiger partial charge < -0.3 is 10.3 Å². The number of hydrogen-bond donors (Lipinski definition) is 1. The van der Waals surface area contributed by atoms with Crippen molar-refractivity contribution in [1.82, 2.24) is 10.1 Å². The van der Waals surface area contributed by atoms with Crippen molar-refractivity contribution in [2.75, 3.05) is 0 Å². The number of aryl methyl sites for hydroxylation is 2. The third-order valence-electron chi connectivity index (χ3n) is 2.28. The first-order valence-electron chi connectivity index (χ1n) is 5.36. The molecule has 0 aliphatic carbocycles. The van der Waals surface area contributed by atoms with Gasteiger partial charge in [0.25, 0.3) is 0 Å². The maximum Gasteiger partial charge on any atom is 0.226 e. The summed E-state index contributed by atoms with van der Waals surface area (Å²) >= 11 is 1.78. The Labute approximate surface area is 98.5 Å². The van der Waals surface area contributed by atoms with Crippen molar-refractivity contribution in [1.29, 1.82) is 0 Å². The minimum absolute atomic E-state index is 0.158. The van der Waals surface area contributed by atoms with Crippen LogP contribution in [0.1, 0.15) is 36.0 Å². The van der Waals surface area contributed by atoms with Gasteiger partial charge in [0.1, 0.15) is 0 Å². The largest absolute Gasteiger partial charge is 0.339 e. The quantitative estimate of drug-likeness (QED) is 0.866. The second-order valence-electron chi connectivity index (χ2n) is 3.77. The molecule has 0 fully saturated rings. The molecule has 0 saturated carbocycles. The SMILES string of the molecule is CC(N)c1noc(CCCc2cccs2)n1. The second-order valence-corrected chi connectivity index (χ2v) is 4.80. The van der Waals surface area contributed by atoms with E-state index in [1.54, 1.807) is 11.3 Å². The molecule has 2 N–H and O–H groups in total. The average Bonchev–Trinajstić information content (AvgIpc) is 2.87. The second kappa shape index (κ2) is 5.23. The summed E-state index contributed by atoms with van der Waals surface area (Å²) in [6.07, 6.45) is 2.91. The zero-order chi connectivity index (χ0) is 11.4. The van der Waals surface area contributed by atoms with Gasteiger partial charge in [-0.25, -0.2) is 0 Å². The van der Waals surface area contributed by atoms with Crippen molar-refractivity contribution in [3.05, 3.63) is 34.1 Å². The summed E-state index contributed by atoms with van der Waals surface area (Å²) < 4.78 is 5.11. The maximum atomic E-state index is 5.65. The number of nitrogens with zero attached hydrogens (tertiary/aromatic N) is 2. The molecule has 1 atom stereocenters. The van der Waals surface area contributed by atoms with Crippen molar-refractivity contribution in [2.24, 2.45) is 5.73 Å². The molecule has 86 valence electrons. The molecule has 4 nitrogen and oxygen atoms in total. The van der Waals surface area contributed by atoms with E-state index in [4.69, 9.17) is 10.3 Å². The first-order valence-corrected chi connectivity index (χ1v) is 6.24. The van der Waals surface area contributed by atoms with Crippen molar-refractivity contribution >= 4 is 11.3 Å². The van der Waals surface area contributed by atoms with E-state index in [0.717, 1.165) is 19.3 Å². The van der Waals surface area contributed by atoms with E-state index >= 15 is 0 Å². The van der Waals surface area contributed by atoms with Crippen LogP contribution >= 0.6 is 11.3 Å². The van der Waals surface area contributed by atoms with Crippen LogP contribution in [0.3, 0.4) is 0 Å². The van der Waals surface area contributed by atoms with Gasteiger partial charge in [-0.1, -0.05) is 11.2 Å². The van der Waals surface area contributed by atoms with Crippen LogP contribution in [0.4, 0.5) is 0 Å². The third kappa shape index (κ3) is 2.90. The fourth-order valence-electron chi connectivity index (χ4n) is 1.42. The molecule has 0 spiro atoms. The van der Waals surface area contributed by atoms with Crippen molar-refractivity contribution in [2.45, 2.75) is 32.2 Å². The molecule has 2 heterocycles. The van der Waals surface area contributed by atoms with Crippen molar-refractivity contribution < 1.29 is 4.52 Å². The zero-order valence-electron chi connectivity index (χ0n) is 9.22. The van der Waals surface area contributed by atoms with E-state index in [9.17, 15) is 0 Å². The van der Waals surface area contributed by atoms with Crippen LogP contribution in [0.15, 0.2) is 22.0 Å². The van der Waals surface area contributed by atoms with Gasteiger partial charge >= 0.3 is 0 Å². The Kier molecular flexibility index (Phi) is 3.69. The summed E-state index contributed by atoms with van der Waals surface area (Å²) in [5.74, 6) is 1.27. The lowest BCUT2D eigenvalue weighted by Crippen LogP contribution is -2.06. The molecule has 16 heavy (non-hydrogen) atoms. The average molecular weight is 237 g/mol. The fourth-order valence-corrected chi connectivity index (χ4v) is 2.17. The van der Waals surface area contributed by atoms with Crippen LogP contribution in [-0.4, -0.2) is 10.1 Å². The Morgan fingerprint density at radius 3 is 3.00 bits per heavy atom. The molecule has 0 radical (unpaired) electrons. The van der Waals surface area contributed by atoms with Gasteiger partial charge in [-0.3, -0.25) is 0 Å². The van der Waals surface area contributed by atoms with E-state index in [1.807, 2.05) is 6.92 Å². The molecular weight excluding hydrogens is 222 g/mol. The molecular formula is C11H15N3OS. The van der Waals surface area contributed by atoms with Crippen molar-refractivity contribution in [3.63, 3.8) is 0 Å². The fraction of sp³-hybridized carbons (Fsp3) is 0.455. The van der Waals surface area contributed by atoms with Crippen LogP contribution in [0.2, 0.25) is 0 Å². The van der Waals surface area contributed by atoms with E-state index < -0.39 is 0 Å². The Hall–Kier alpha value is -1.20. The molecule has 2 rings (SSSR count). The standard InChI is InChI=1S/C11H15N3OS/c1-8(12)11-13-10(15-14-11)6-2-4-9-5-3-7-16-9/h3,5,7-8H,2,4,6,12H2,1H3. The number of hydrogen-bond acceptors (Lipinski definition) is 5. The predicted molar refractivity (Wildman–Crippen MR) is 63.2 cm³/mol. The van der Waals surface area contributed by atoms with E-state index in [2.05, 4.69) is 27.7 Å². The molecule has 0 bridgehead atoms. The normalized spacial score (nSPS) is 12.9. The lowest BCUT2D eigenvalue weighted by molar-refractivity contribution is 0.368. The van der Waals surface area contributed by atoms with E-state index in [-0.39, 0.29) is 6.04 Å². The van der Waals surface area contributed by atoms with Crippen LogP contribution in [-0.2, 0) is 12.8 Å². The first-order chi connectivity index (χ1) is 7.75. The van der Waals surface area contributed by atoms with Crippen LogP contribution < -0.4 is 5.73 Å². The molecule has 0 aromatic carbocycles. The monoisotopic (exact) mass is 237 g/mol. The molecule has 0 aliphatic heterocycles. The van der Waals surface area contributed by atoms with E-state index in [0.29, 0.717) is 11.7 Å². The van der Waals surface area contributed by atoms with Crippen LogP contribution in [0, 0.1) is 0 Å². The summed E-state index contributed by atoms with van der Waals surface area (Å²) in [5.41, 5.74) is 5.65. The van der Waals surface area contributed by atoms with Gasteiger partial charge in [-0.2, -0.15) is 4.98 Å².